The Hall–Kier alpha value is -3.47. The second-order valence-corrected chi connectivity index (χ2v) is 9.66. The molecule has 194 valence electrons. The first-order valence-corrected chi connectivity index (χ1v) is 11.8. The van der Waals surface area contributed by atoms with Crippen molar-refractivity contribution >= 4 is 35.0 Å². The van der Waals surface area contributed by atoms with Gasteiger partial charge in [0.15, 0.2) is 0 Å². The van der Waals surface area contributed by atoms with E-state index in [4.69, 9.17) is 16.4 Å². The minimum absolute atomic E-state index is 0.0427. The maximum Gasteiger partial charge on any atom is 0.435 e. The van der Waals surface area contributed by atoms with Crippen molar-refractivity contribution in [2.24, 2.45) is 5.16 Å². The van der Waals surface area contributed by atoms with Crippen LogP contribution in [0, 0.1) is 5.82 Å². The summed E-state index contributed by atoms with van der Waals surface area (Å²) in [7, 11) is 1.34. The predicted molar refractivity (Wildman–Crippen MR) is 123 cm³/mol. The van der Waals surface area contributed by atoms with Crippen molar-refractivity contribution in [3.8, 4) is 0 Å². The number of alkyl halides is 3. The van der Waals surface area contributed by atoms with Crippen molar-refractivity contribution in [2.45, 2.75) is 49.9 Å². The smallest absolute Gasteiger partial charge is 0.374 e. The van der Waals surface area contributed by atoms with Gasteiger partial charge in [0.25, 0.3) is 17.4 Å². The Morgan fingerprint density at radius 1 is 1.19 bits per heavy atom. The topological polar surface area (TPSA) is 88.1 Å². The molecule has 1 fully saturated rings. The Bertz CT molecular complexity index is 1380. The number of nitrogens with zero attached hydrogens (tertiary/aromatic N) is 2. The predicted octanol–water partition coefficient (Wildman–Crippen LogP) is 4.04. The van der Waals surface area contributed by atoms with Gasteiger partial charge in [-0.15, -0.1) is 0 Å². The third-order valence-electron chi connectivity index (χ3n) is 7.10. The number of fused-ring (bicyclic) bond motifs is 1. The second-order valence-electron chi connectivity index (χ2n) is 9.25. The van der Waals surface area contributed by atoms with Crippen LogP contribution in [0.2, 0.25) is 5.02 Å². The number of benzene rings is 2. The Kier molecular flexibility index (Phi) is 6.01. The summed E-state index contributed by atoms with van der Waals surface area (Å²) >= 11 is 5.75. The Balaban J connectivity index is 1.45. The van der Waals surface area contributed by atoms with Gasteiger partial charge in [-0.05, 0) is 48.6 Å². The number of hydrogen-bond acceptors (Lipinski definition) is 5. The zero-order valence-electron chi connectivity index (χ0n) is 19.4. The van der Waals surface area contributed by atoms with Crippen LogP contribution in [0.5, 0.6) is 0 Å². The Morgan fingerprint density at radius 2 is 1.92 bits per heavy atom. The first-order valence-electron chi connectivity index (χ1n) is 11.5. The van der Waals surface area contributed by atoms with E-state index in [0.29, 0.717) is 36.0 Å². The molecule has 2 aromatic rings. The first kappa shape index (κ1) is 25.2. The number of nitrogens with one attached hydrogen (secondary N) is 1. The molecule has 37 heavy (non-hydrogen) atoms. The summed E-state index contributed by atoms with van der Waals surface area (Å²) in [6.07, 6.45) is -4.00. The lowest BCUT2D eigenvalue weighted by Crippen LogP contribution is -2.42. The van der Waals surface area contributed by atoms with Crippen molar-refractivity contribution in [3.63, 3.8) is 0 Å². The average Bonchev–Trinajstić information content (AvgIpc) is 3.56. The van der Waals surface area contributed by atoms with Crippen LogP contribution in [0.4, 0.5) is 17.6 Å². The molecule has 2 aliphatic heterocycles. The van der Waals surface area contributed by atoms with Crippen LogP contribution < -0.4 is 5.32 Å². The lowest BCUT2D eigenvalue weighted by atomic mass is 9.84. The van der Waals surface area contributed by atoms with E-state index in [1.807, 2.05) is 0 Å². The molecule has 7 nitrogen and oxygen atoms in total. The molecule has 3 aliphatic rings. The van der Waals surface area contributed by atoms with E-state index in [0.717, 1.165) is 23.1 Å². The number of oxime groups is 1. The van der Waals surface area contributed by atoms with Gasteiger partial charge in [-0.25, -0.2) is 4.39 Å². The minimum Gasteiger partial charge on any atom is -0.374 e. The summed E-state index contributed by atoms with van der Waals surface area (Å²) in [4.78, 5) is 42.9. The fraction of sp³-hybridized carbons (Fsp3) is 0.360. The molecule has 0 saturated carbocycles. The molecule has 0 aromatic heterocycles. The molecule has 0 bridgehead atoms. The molecule has 1 saturated heterocycles. The molecular weight excluding hydrogens is 518 g/mol. The van der Waals surface area contributed by atoms with Gasteiger partial charge in [0.2, 0.25) is 5.91 Å². The highest BCUT2D eigenvalue weighted by Crippen LogP contribution is 2.50. The minimum atomic E-state index is -4.89. The number of hydrogen-bond donors (Lipinski definition) is 1. The van der Waals surface area contributed by atoms with Crippen LogP contribution in [-0.4, -0.2) is 47.6 Å². The molecule has 2 heterocycles. The molecule has 5 rings (SSSR count). The van der Waals surface area contributed by atoms with Crippen LogP contribution in [0.15, 0.2) is 35.5 Å². The number of carbonyl (C=O) groups is 3. The molecule has 0 radical (unpaired) electrons. The van der Waals surface area contributed by atoms with Gasteiger partial charge in [0.1, 0.15) is 11.9 Å². The van der Waals surface area contributed by atoms with Crippen LogP contribution in [-0.2, 0) is 32.9 Å². The molecule has 2 atom stereocenters. The maximum absolute atomic E-state index is 14.3. The van der Waals surface area contributed by atoms with E-state index in [1.165, 1.54) is 19.2 Å². The van der Waals surface area contributed by atoms with E-state index >= 15 is 0 Å². The third-order valence-corrected chi connectivity index (χ3v) is 7.39. The van der Waals surface area contributed by atoms with Crippen molar-refractivity contribution < 1.29 is 36.8 Å². The lowest BCUT2D eigenvalue weighted by Gasteiger charge is -2.29. The summed E-state index contributed by atoms with van der Waals surface area (Å²) in [5.41, 5.74) is -1.14. The molecule has 1 aliphatic carbocycles. The first-order chi connectivity index (χ1) is 17.4. The fourth-order valence-electron chi connectivity index (χ4n) is 5.09. The van der Waals surface area contributed by atoms with Crippen molar-refractivity contribution in [1.29, 1.82) is 0 Å². The quantitative estimate of drug-likeness (QED) is 0.471. The van der Waals surface area contributed by atoms with Gasteiger partial charge in [-0.2, -0.15) is 13.2 Å². The number of carbonyl (C=O) groups excluding carboxylic acids is 3. The third kappa shape index (κ3) is 4.05. The number of likely N-dealkylation sites (N-methyl/N-ethyl adjacent to an activating group) is 1. The Labute approximate surface area is 213 Å². The van der Waals surface area contributed by atoms with Crippen LogP contribution in [0.3, 0.4) is 0 Å². The second kappa shape index (κ2) is 8.83. The highest BCUT2D eigenvalue weighted by atomic mass is 35.5. The zero-order chi connectivity index (χ0) is 26.7. The zero-order valence-corrected chi connectivity index (χ0v) is 20.2. The highest BCUT2D eigenvalue weighted by Gasteiger charge is 2.62. The number of amides is 3. The summed E-state index contributed by atoms with van der Waals surface area (Å²) < 4.78 is 56.5. The van der Waals surface area contributed by atoms with E-state index < -0.39 is 52.8 Å². The summed E-state index contributed by atoms with van der Waals surface area (Å²) in [5, 5.41) is 5.91. The highest BCUT2D eigenvalue weighted by molar-refractivity contribution is 6.30. The van der Waals surface area contributed by atoms with E-state index in [-0.39, 0.29) is 23.3 Å². The monoisotopic (exact) mass is 537 g/mol. The number of rotatable bonds is 4. The van der Waals surface area contributed by atoms with Crippen molar-refractivity contribution in [3.05, 3.63) is 69.0 Å². The van der Waals surface area contributed by atoms with Crippen LogP contribution in [0.25, 0.3) is 0 Å². The van der Waals surface area contributed by atoms with Gasteiger partial charge < -0.3 is 10.2 Å². The fourth-order valence-corrected chi connectivity index (χ4v) is 5.27. The number of likely N-dealkylation sites (tertiary alicyclic amines) is 1. The molecule has 12 heteroatoms. The summed E-state index contributed by atoms with van der Waals surface area (Å²) in [5.74, 6) is -2.30. The van der Waals surface area contributed by atoms with Gasteiger partial charge >= 0.3 is 6.18 Å². The normalized spacial score (nSPS) is 23.2. The van der Waals surface area contributed by atoms with Gasteiger partial charge in [-0.3, -0.25) is 19.3 Å². The number of imide groups is 1. The molecule has 0 spiro atoms. The molecule has 1 N–H and O–H groups in total. The van der Waals surface area contributed by atoms with E-state index in [1.54, 1.807) is 0 Å². The van der Waals surface area contributed by atoms with Crippen molar-refractivity contribution in [2.75, 3.05) is 7.05 Å². The molecular formula is C25H20ClF4N3O4. The molecule has 2 unspecified atom stereocenters. The standard InChI is InChI=1S/C25H20ClF4N3O4/c1-33-21(34)10-19(23(33)36)31-22(35)16-7-6-15(13-3-2-4-14(13)16)20-11-24(37-32-20,25(28,29)30)12-5-8-18(27)17(26)9-12/h5-9,19H,2-4,10-11H2,1H3,(H,31,35). The van der Waals surface area contributed by atoms with E-state index in [9.17, 15) is 31.9 Å². The van der Waals surface area contributed by atoms with Crippen LogP contribution in [0.1, 0.15) is 51.9 Å². The lowest BCUT2D eigenvalue weighted by molar-refractivity contribution is -0.275. The number of halogens is 5. The van der Waals surface area contributed by atoms with Gasteiger partial charge in [-0.1, -0.05) is 28.9 Å². The van der Waals surface area contributed by atoms with Gasteiger partial charge in [0, 0.05) is 30.2 Å². The molecule has 2 aromatic carbocycles. The van der Waals surface area contributed by atoms with E-state index in [2.05, 4.69) is 10.5 Å². The largest absolute Gasteiger partial charge is 0.435 e. The summed E-state index contributed by atoms with van der Waals surface area (Å²) in [6.45, 7) is 0. The molecule has 3 amide bonds. The van der Waals surface area contributed by atoms with Crippen LogP contribution >= 0.6 is 11.6 Å². The Morgan fingerprint density at radius 3 is 2.57 bits per heavy atom. The average molecular weight is 538 g/mol. The van der Waals surface area contributed by atoms with Gasteiger partial charge in [0.05, 0.1) is 17.2 Å². The summed E-state index contributed by atoms with van der Waals surface area (Å²) in [6, 6.07) is 4.72. The van der Waals surface area contributed by atoms with Crippen molar-refractivity contribution in [1.82, 2.24) is 10.2 Å². The maximum atomic E-state index is 14.3. The SMILES string of the molecule is CN1C(=O)CC(NC(=O)c2ccc(C3=NOC(c4ccc(F)c(Cl)c4)(C(F)(F)F)C3)c3c2CCC3)C1=O.